The number of carbonyl (C=O) groups is 1. The van der Waals surface area contributed by atoms with Crippen molar-refractivity contribution in [2.45, 2.75) is 0 Å². The SMILES string of the molecule is O=C(Nc1ccc(F)c(F)c1F)N1CCN(c2ccc(-n3cccc3)nn2)CC1. The van der Waals surface area contributed by atoms with E-state index >= 15 is 0 Å². The first-order chi connectivity index (χ1) is 14.0. The third kappa shape index (κ3) is 3.86. The van der Waals surface area contributed by atoms with Gasteiger partial charge in [-0.25, -0.2) is 18.0 Å². The van der Waals surface area contributed by atoms with E-state index in [1.807, 2.05) is 46.1 Å². The van der Waals surface area contributed by atoms with Crippen LogP contribution in [-0.2, 0) is 0 Å². The topological polar surface area (TPSA) is 66.3 Å². The Morgan fingerprint density at radius 1 is 0.862 bits per heavy atom. The molecule has 2 amide bonds. The number of hydrogen-bond acceptors (Lipinski definition) is 4. The third-order valence-electron chi connectivity index (χ3n) is 4.67. The molecule has 1 aliphatic rings. The number of benzene rings is 1. The van der Waals surface area contributed by atoms with Crippen molar-refractivity contribution in [2.24, 2.45) is 0 Å². The van der Waals surface area contributed by atoms with Gasteiger partial charge in [-0.15, -0.1) is 10.2 Å². The van der Waals surface area contributed by atoms with E-state index in [4.69, 9.17) is 0 Å². The van der Waals surface area contributed by atoms with E-state index < -0.39 is 29.2 Å². The summed E-state index contributed by atoms with van der Waals surface area (Å²) in [5.74, 6) is -2.96. The minimum absolute atomic E-state index is 0.359. The minimum Gasteiger partial charge on any atom is -0.352 e. The van der Waals surface area contributed by atoms with Gasteiger partial charge >= 0.3 is 6.03 Å². The summed E-state index contributed by atoms with van der Waals surface area (Å²) in [5, 5.41) is 10.7. The second kappa shape index (κ2) is 7.82. The maximum absolute atomic E-state index is 13.7. The zero-order chi connectivity index (χ0) is 20.4. The minimum atomic E-state index is -1.62. The molecule has 0 radical (unpaired) electrons. The van der Waals surface area contributed by atoms with Crippen molar-refractivity contribution in [1.29, 1.82) is 0 Å². The van der Waals surface area contributed by atoms with Crippen LogP contribution in [0.5, 0.6) is 0 Å². The van der Waals surface area contributed by atoms with Gasteiger partial charge in [0.15, 0.2) is 29.1 Å². The Labute approximate surface area is 164 Å². The van der Waals surface area contributed by atoms with Crippen LogP contribution in [0, 0.1) is 17.5 Å². The molecule has 0 saturated carbocycles. The van der Waals surface area contributed by atoms with Gasteiger partial charge in [0.1, 0.15) is 0 Å². The summed E-state index contributed by atoms with van der Waals surface area (Å²) < 4.78 is 41.9. The third-order valence-corrected chi connectivity index (χ3v) is 4.67. The quantitative estimate of drug-likeness (QED) is 0.684. The lowest BCUT2D eigenvalue weighted by Crippen LogP contribution is -2.50. The summed E-state index contributed by atoms with van der Waals surface area (Å²) in [6.45, 7) is 1.73. The summed E-state index contributed by atoms with van der Waals surface area (Å²) in [4.78, 5) is 15.8. The number of rotatable bonds is 3. The number of carbonyl (C=O) groups excluding carboxylic acids is 1. The summed E-state index contributed by atoms with van der Waals surface area (Å²) in [6.07, 6.45) is 3.74. The Bertz CT molecular complexity index is 1000. The first kappa shape index (κ1) is 18.8. The average Bonchev–Trinajstić information content (AvgIpc) is 3.29. The molecule has 150 valence electrons. The zero-order valence-corrected chi connectivity index (χ0v) is 15.2. The molecule has 29 heavy (non-hydrogen) atoms. The fourth-order valence-electron chi connectivity index (χ4n) is 3.07. The Kier molecular flexibility index (Phi) is 5.07. The normalized spacial score (nSPS) is 14.2. The molecule has 3 aromatic rings. The molecule has 0 unspecified atom stereocenters. The van der Waals surface area contributed by atoms with Gasteiger partial charge in [0.05, 0.1) is 5.69 Å². The number of urea groups is 1. The van der Waals surface area contributed by atoms with Crippen molar-refractivity contribution in [1.82, 2.24) is 19.7 Å². The molecule has 0 aliphatic carbocycles. The molecule has 0 spiro atoms. The van der Waals surface area contributed by atoms with E-state index in [2.05, 4.69) is 15.5 Å². The van der Waals surface area contributed by atoms with Crippen LogP contribution >= 0.6 is 0 Å². The monoisotopic (exact) mass is 402 g/mol. The van der Waals surface area contributed by atoms with Crippen LogP contribution < -0.4 is 10.2 Å². The summed E-state index contributed by atoms with van der Waals surface area (Å²) in [5.41, 5.74) is -0.400. The van der Waals surface area contributed by atoms with Crippen molar-refractivity contribution < 1.29 is 18.0 Å². The zero-order valence-electron chi connectivity index (χ0n) is 15.2. The lowest BCUT2D eigenvalue weighted by atomic mass is 10.2. The van der Waals surface area contributed by atoms with Crippen LogP contribution in [0.4, 0.5) is 29.5 Å². The summed E-state index contributed by atoms with van der Waals surface area (Å²) in [6, 6.07) is 8.68. The van der Waals surface area contributed by atoms with Gasteiger partial charge in [-0.05, 0) is 36.4 Å². The second-order valence-corrected chi connectivity index (χ2v) is 6.47. The van der Waals surface area contributed by atoms with Gasteiger partial charge in [0.25, 0.3) is 0 Å². The highest BCUT2D eigenvalue weighted by Crippen LogP contribution is 2.21. The lowest BCUT2D eigenvalue weighted by Gasteiger charge is -2.35. The molecular weight excluding hydrogens is 385 g/mol. The van der Waals surface area contributed by atoms with Gasteiger partial charge in [-0.3, -0.25) is 0 Å². The fourth-order valence-corrected chi connectivity index (χ4v) is 3.07. The standard InChI is InChI=1S/C19H17F3N6O/c20-13-3-4-14(18(22)17(13)21)23-19(29)28-11-9-27(10-12-28)16-6-5-15(24-25-16)26-7-1-2-8-26/h1-8H,9-12H2,(H,23,29). The van der Waals surface area contributed by atoms with Gasteiger partial charge in [0.2, 0.25) is 0 Å². The lowest BCUT2D eigenvalue weighted by molar-refractivity contribution is 0.208. The molecular formula is C19H17F3N6O. The highest BCUT2D eigenvalue weighted by Gasteiger charge is 2.24. The number of nitrogens with zero attached hydrogens (tertiary/aromatic N) is 5. The van der Waals surface area contributed by atoms with Crippen LogP contribution in [0.15, 0.2) is 48.8 Å². The van der Waals surface area contributed by atoms with Crippen LogP contribution in [0.25, 0.3) is 5.82 Å². The number of amides is 2. The first-order valence-corrected chi connectivity index (χ1v) is 8.94. The average molecular weight is 402 g/mol. The van der Waals surface area contributed by atoms with E-state index in [9.17, 15) is 18.0 Å². The largest absolute Gasteiger partial charge is 0.352 e. The predicted molar refractivity (Wildman–Crippen MR) is 100 cm³/mol. The molecule has 1 aromatic carbocycles. The maximum atomic E-state index is 13.7. The molecule has 1 N–H and O–H groups in total. The molecule has 3 heterocycles. The highest BCUT2D eigenvalue weighted by atomic mass is 19.2. The van der Waals surface area contributed by atoms with Crippen molar-refractivity contribution >= 4 is 17.5 Å². The molecule has 1 aliphatic heterocycles. The Morgan fingerprint density at radius 2 is 1.52 bits per heavy atom. The molecule has 7 nitrogen and oxygen atoms in total. The number of nitrogens with one attached hydrogen (secondary N) is 1. The molecule has 1 saturated heterocycles. The Hall–Kier alpha value is -3.56. The van der Waals surface area contributed by atoms with E-state index in [0.717, 1.165) is 12.1 Å². The van der Waals surface area contributed by atoms with E-state index in [1.54, 1.807) is 0 Å². The molecule has 4 rings (SSSR count). The fraction of sp³-hybridized carbons (Fsp3) is 0.211. The molecule has 0 atom stereocenters. The Balaban J connectivity index is 1.35. The van der Waals surface area contributed by atoms with Crippen LogP contribution in [-0.4, -0.2) is 51.9 Å². The van der Waals surface area contributed by atoms with Crippen LogP contribution in [0.1, 0.15) is 0 Å². The number of halogens is 3. The number of hydrogen-bond donors (Lipinski definition) is 1. The Morgan fingerprint density at radius 3 is 2.17 bits per heavy atom. The molecule has 10 heteroatoms. The second-order valence-electron chi connectivity index (χ2n) is 6.47. The van der Waals surface area contributed by atoms with Gasteiger partial charge in [-0.1, -0.05) is 0 Å². The van der Waals surface area contributed by atoms with Crippen molar-refractivity contribution in [3.05, 3.63) is 66.2 Å². The first-order valence-electron chi connectivity index (χ1n) is 8.94. The van der Waals surface area contributed by atoms with Crippen molar-refractivity contribution in [3.63, 3.8) is 0 Å². The highest BCUT2D eigenvalue weighted by molar-refractivity contribution is 5.89. The van der Waals surface area contributed by atoms with Crippen molar-refractivity contribution in [2.75, 3.05) is 36.4 Å². The number of anilines is 2. The molecule has 2 aromatic heterocycles. The van der Waals surface area contributed by atoms with E-state index in [-0.39, 0.29) is 0 Å². The van der Waals surface area contributed by atoms with Gasteiger partial charge in [0, 0.05) is 38.6 Å². The van der Waals surface area contributed by atoms with E-state index in [0.29, 0.717) is 37.8 Å². The summed E-state index contributed by atoms with van der Waals surface area (Å²) >= 11 is 0. The number of aromatic nitrogens is 3. The molecule has 1 fully saturated rings. The van der Waals surface area contributed by atoms with Crippen LogP contribution in [0.2, 0.25) is 0 Å². The van der Waals surface area contributed by atoms with Crippen molar-refractivity contribution in [3.8, 4) is 5.82 Å². The van der Waals surface area contributed by atoms with Gasteiger partial charge < -0.3 is 19.7 Å². The predicted octanol–water partition coefficient (Wildman–Crippen LogP) is 3.04. The maximum Gasteiger partial charge on any atom is 0.322 e. The van der Waals surface area contributed by atoms with Crippen LogP contribution in [0.3, 0.4) is 0 Å². The smallest absolute Gasteiger partial charge is 0.322 e. The summed E-state index contributed by atoms with van der Waals surface area (Å²) in [7, 11) is 0. The van der Waals surface area contributed by atoms with Gasteiger partial charge in [-0.2, -0.15) is 0 Å². The molecule has 0 bridgehead atoms. The van der Waals surface area contributed by atoms with E-state index in [1.165, 1.54) is 4.90 Å². The number of piperazine rings is 1.